The molecule has 0 aliphatic rings. The van der Waals surface area contributed by atoms with Crippen LogP contribution < -0.4 is 11.8 Å². The molecule has 0 rings (SSSR count). The minimum Gasteiger partial charge on any atom is -0.417 e. The van der Waals surface area contributed by atoms with Crippen molar-refractivity contribution in [3.8, 4) is 0 Å². The van der Waals surface area contributed by atoms with Gasteiger partial charge >= 0.3 is 0 Å². The van der Waals surface area contributed by atoms with Gasteiger partial charge in [-0.2, -0.15) is 5.90 Å². The maximum absolute atomic E-state index is 4.72. The molecule has 0 unspecified atom stereocenters. The largest absolute Gasteiger partial charge is 0.417 e. The van der Waals surface area contributed by atoms with Crippen LogP contribution in [0.4, 0.5) is 0 Å². The first kappa shape index (κ1) is 7.42. The summed E-state index contributed by atoms with van der Waals surface area (Å²) in [6, 6.07) is 0. The van der Waals surface area contributed by atoms with Crippen molar-refractivity contribution in [2.45, 2.75) is 6.42 Å². The summed E-state index contributed by atoms with van der Waals surface area (Å²) < 4.78 is 0. The number of hydrogen-bond donors (Lipinski definition) is 2. The van der Waals surface area contributed by atoms with E-state index in [1.807, 2.05) is 0 Å². The second-order valence-corrected chi connectivity index (χ2v) is 1.28. The first-order valence-electron chi connectivity index (χ1n) is 2.17. The van der Waals surface area contributed by atoms with Crippen molar-refractivity contribution in [1.29, 1.82) is 0 Å². The van der Waals surface area contributed by atoms with Gasteiger partial charge in [0, 0.05) is 6.42 Å². The lowest BCUT2D eigenvalue weighted by Crippen LogP contribution is -2.05. The third-order valence-corrected chi connectivity index (χ3v) is 0.665. The molecular weight excluding hydrogens is 108 g/mol. The zero-order chi connectivity index (χ0) is 6.41. The molecule has 4 N–H and O–H groups in total. The predicted octanol–water partition coefficient (Wildman–Crippen LogP) is -0.329. The quantitative estimate of drug-likeness (QED) is 0.391. The fourth-order valence-corrected chi connectivity index (χ4v) is 0.232. The Morgan fingerprint density at radius 3 is 2.50 bits per heavy atom. The minimum atomic E-state index is 0.385. The van der Waals surface area contributed by atoms with E-state index in [1.54, 1.807) is 0 Å². The van der Waals surface area contributed by atoms with E-state index < -0.39 is 0 Å². The average molecular weight is 118 g/mol. The van der Waals surface area contributed by atoms with Crippen LogP contribution in [0.15, 0.2) is 12.3 Å². The van der Waals surface area contributed by atoms with Gasteiger partial charge in [-0.05, 0) is 0 Å². The molecule has 0 heterocycles. The molecule has 0 atom stereocenters. The standard InChI is InChI=1S/C4H10N2O2/c1-4(8-6)2-3-7-5/h1-3,5-6H2. The van der Waals surface area contributed by atoms with Gasteiger partial charge in [0.05, 0.1) is 6.61 Å². The van der Waals surface area contributed by atoms with E-state index in [4.69, 9.17) is 11.8 Å². The van der Waals surface area contributed by atoms with Crippen LogP contribution in [0.25, 0.3) is 0 Å². The van der Waals surface area contributed by atoms with Crippen LogP contribution in [0.3, 0.4) is 0 Å². The lowest BCUT2D eigenvalue weighted by Gasteiger charge is -1.98. The maximum atomic E-state index is 4.72. The fraction of sp³-hybridized carbons (Fsp3) is 0.500. The minimum absolute atomic E-state index is 0.385. The van der Waals surface area contributed by atoms with Crippen LogP contribution in [0.1, 0.15) is 6.42 Å². The summed E-state index contributed by atoms with van der Waals surface area (Å²) in [5, 5.41) is 0. The van der Waals surface area contributed by atoms with Crippen molar-refractivity contribution in [3.63, 3.8) is 0 Å². The molecule has 0 aliphatic heterocycles. The molecule has 0 saturated heterocycles. The van der Waals surface area contributed by atoms with Crippen LogP contribution in [0, 0.1) is 0 Å². The zero-order valence-corrected chi connectivity index (χ0v) is 4.59. The van der Waals surface area contributed by atoms with Gasteiger partial charge in [0.2, 0.25) is 0 Å². The van der Waals surface area contributed by atoms with Gasteiger partial charge in [-0.25, -0.2) is 5.90 Å². The van der Waals surface area contributed by atoms with Crippen LogP contribution in [0.2, 0.25) is 0 Å². The number of hydrogen-bond acceptors (Lipinski definition) is 4. The number of rotatable bonds is 4. The van der Waals surface area contributed by atoms with Crippen molar-refractivity contribution in [2.75, 3.05) is 6.61 Å². The average Bonchev–Trinajstić information content (AvgIpc) is 1.83. The molecule has 4 nitrogen and oxygen atoms in total. The highest BCUT2D eigenvalue weighted by atomic mass is 16.6. The second kappa shape index (κ2) is 4.58. The molecule has 0 saturated carbocycles. The van der Waals surface area contributed by atoms with Gasteiger partial charge in [0.25, 0.3) is 0 Å². The lowest BCUT2D eigenvalue weighted by molar-refractivity contribution is 0.119. The molecule has 0 fully saturated rings. The molecule has 0 amide bonds. The molecule has 48 valence electrons. The summed E-state index contributed by atoms with van der Waals surface area (Å²) in [7, 11) is 0. The number of nitrogens with two attached hydrogens (primary N) is 2. The smallest absolute Gasteiger partial charge is 0.119 e. The molecule has 8 heavy (non-hydrogen) atoms. The van der Waals surface area contributed by atoms with E-state index in [2.05, 4.69) is 16.3 Å². The molecule has 0 spiro atoms. The summed E-state index contributed by atoms with van der Waals surface area (Å²) in [4.78, 5) is 8.44. The molecular formula is C4H10N2O2. The van der Waals surface area contributed by atoms with Crippen molar-refractivity contribution >= 4 is 0 Å². The normalized spacial score (nSPS) is 8.75. The highest BCUT2D eigenvalue weighted by molar-refractivity contribution is 4.79. The molecule has 0 aromatic heterocycles. The van der Waals surface area contributed by atoms with Gasteiger partial charge in [0.1, 0.15) is 5.76 Å². The van der Waals surface area contributed by atoms with Crippen molar-refractivity contribution < 1.29 is 9.68 Å². The molecule has 0 aliphatic carbocycles. The first-order valence-corrected chi connectivity index (χ1v) is 2.17. The Labute approximate surface area is 48.0 Å². The van der Waals surface area contributed by atoms with E-state index in [-0.39, 0.29) is 0 Å². The maximum Gasteiger partial charge on any atom is 0.119 e. The van der Waals surface area contributed by atoms with E-state index in [0.717, 1.165) is 0 Å². The van der Waals surface area contributed by atoms with Gasteiger partial charge in [-0.15, -0.1) is 0 Å². The second-order valence-electron chi connectivity index (χ2n) is 1.28. The fourth-order valence-electron chi connectivity index (χ4n) is 0.232. The summed E-state index contributed by atoms with van der Waals surface area (Å²) in [6.07, 6.45) is 0.535. The highest BCUT2D eigenvalue weighted by Gasteiger charge is 1.89. The molecule has 4 heteroatoms. The van der Waals surface area contributed by atoms with Crippen molar-refractivity contribution in [2.24, 2.45) is 11.8 Å². The summed E-state index contributed by atoms with van der Waals surface area (Å²) >= 11 is 0. The Bertz CT molecular complexity index is 74.4. The monoisotopic (exact) mass is 118 g/mol. The van der Waals surface area contributed by atoms with Crippen LogP contribution in [-0.4, -0.2) is 6.61 Å². The van der Waals surface area contributed by atoms with Crippen LogP contribution in [-0.2, 0) is 9.68 Å². The van der Waals surface area contributed by atoms with E-state index in [0.29, 0.717) is 18.8 Å². The van der Waals surface area contributed by atoms with Crippen LogP contribution >= 0.6 is 0 Å². The first-order chi connectivity index (χ1) is 3.81. The lowest BCUT2D eigenvalue weighted by atomic mass is 10.4. The van der Waals surface area contributed by atoms with Gasteiger partial charge in [0.15, 0.2) is 0 Å². The van der Waals surface area contributed by atoms with Crippen LogP contribution in [0.5, 0.6) is 0 Å². The van der Waals surface area contributed by atoms with E-state index >= 15 is 0 Å². The molecule has 0 radical (unpaired) electrons. The third kappa shape index (κ3) is 3.60. The van der Waals surface area contributed by atoms with Crippen molar-refractivity contribution in [3.05, 3.63) is 12.3 Å². The SMILES string of the molecule is C=C(CCON)ON. The van der Waals surface area contributed by atoms with Gasteiger partial charge < -0.3 is 9.68 Å². The summed E-state index contributed by atoms with van der Waals surface area (Å²) in [5.41, 5.74) is 0. The van der Waals surface area contributed by atoms with Crippen molar-refractivity contribution in [1.82, 2.24) is 0 Å². The molecule has 0 aromatic rings. The third-order valence-electron chi connectivity index (χ3n) is 0.665. The molecule has 0 aromatic carbocycles. The predicted molar refractivity (Wildman–Crippen MR) is 29.2 cm³/mol. The summed E-state index contributed by atoms with van der Waals surface area (Å²) in [5.74, 6) is 9.88. The van der Waals surface area contributed by atoms with E-state index in [1.165, 1.54) is 0 Å². The highest BCUT2D eigenvalue weighted by Crippen LogP contribution is 1.93. The van der Waals surface area contributed by atoms with Gasteiger partial charge in [-0.3, -0.25) is 0 Å². The Kier molecular flexibility index (Phi) is 4.24. The van der Waals surface area contributed by atoms with Gasteiger partial charge in [-0.1, -0.05) is 6.58 Å². The Morgan fingerprint density at radius 1 is 1.50 bits per heavy atom. The summed E-state index contributed by atoms with van der Waals surface area (Å²) in [6.45, 7) is 3.81. The topological polar surface area (TPSA) is 70.5 Å². The Balaban J connectivity index is 2.99. The van der Waals surface area contributed by atoms with E-state index in [9.17, 15) is 0 Å². The molecule has 0 bridgehead atoms. The Hall–Kier alpha value is -0.580. The zero-order valence-electron chi connectivity index (χ0n) is 4.59. The Morgan fingerprint density at radius 2 is 2.12 bits per heavy atom.